The second kappa shape index (κ2) is 7.68. The molecule has 0 saturated heterocycles. The van der Waals surface area contributed by atoms with E-state index in [0.717, 1.165) is 5.56 Å². The van der Waals surface area contributed by atoms with Crippen LogP contribution in [-0.2, 0) is 9.53 Å². The zero-order chi connectivity index (χ0) is 17.0. The van der Waals surface area contributed by atoms with Gasteiger partial charge in [0, 0.05) is 15.7 Å². The van der Waals surface area contributed by atoms with Crippen LogP contribution in [-0.4, -0.2) is 18.5 Å². The minimum atomic E-state index is -0.726. The molecule has 2 aromatic carbocycles. The Balaban J connectivity index is 1.98. The molecule has 1 amide bonds. The smallest absolute Gasteiger partial charge is 0.340 e. The monoisotopic (exact) mass is 371 g/mol. The number of ether oxygens (including phenoxy) is 1. The largest absolute Gasteiger partial charge is 0.452 e. The first kappa shape index (κ1) is 17.6. The van der Waals surface area contributed by atoms with Crippen molar-refractivity contribution in [1.29, 1.82) is 0 Å². The lowest BCUT2D eigenvalue weighted by molar-refractivity contribution is -0.119. The number of carbonyl (C=O) groups excluding carboxylic acids is 2. The van der Waals surface area contributed by atoms with Crippen LogP contribution in [0.25, 0.3) is 0 Å². The third-order valence-electron chi connectivity index (χ3n) is 3.02. The Morgan fingerprint density at radius 2 is 1.83 bits per heavy atom. The molecule has 0 fully saturated rings. The zero-order valence-electron chi connectivity index (χ0n) is 12.0. The van der Waals surface area contributed by atoms with Crippen molar-refractivity contribution in [1.82, 2.24) is 0 Å². The van der Waals surface area contributed by atoms with Crippen molar-refractivity contribution in [3.8, 4) is 0 Å². The Labute approximate surface area is 148 Å². The number of esters is 1. The van der Waals surface area contributed by atoms with Crippen LogP contribution in [0.1, 0.15) is 15.9 Å². The zero-order valence-corrected chi connectivity index (χ0v) is 14.3. The highest BCUT2D eigenvalue weighted by Gasteiger charge is 2.15. The number of nitrogens with one attached hydrogen (secondary N) is 1. The number of hydrogen-bond acceptors (Lipinski definition) is 3. The van der Waals surface area contributed by atoms with Gasteiger partial charge in [-0.1, -0.05) is 40.9 Å². The van der Waals surface area contributed by atoms with Crippen LogP contribution in [0.3, 0.4) is 0 Å². The molecular formula is C16H12Cl3NO3. The van der Waals surface area contributed by atoms with E-state index in [4.69, 9.17) is 39.5 Å². The van der Waals surface area contributed by atoms with Gasteiger partial charge in [0.15, 0.2) is 6.61 Å². The lowest BCUT2D eigenvalue weighted by Gasteiger charge is -2.10. The molecule has 0 radical (unpaired) electrons. The van der Waals surface area contributed by atoms with Crippen molar-refractivity contribution in [2.24, 2.45) is 0 Å². The van der Waals surface area contributed by atoms with E-state index in [-0.39, 0.29) is 10.6 Å². The van der Waals surface area contributed by atoms with Crippen LogP contribution < -0.4 is 5.32 Å². The fourth-order valence-electron chi connectivity index (χ4n) is 1.79. The Bertz CT molecular complexity index is 762. The lowest BCUT2D eigenvalue weighted by atomic mass is 10.2. The Hall–Kier alpha value is -1.75. The van der Waals surface area contributed by atoms with Crippen molar-refractivity contribution in [2.45, 2.75) is 6.92 Å². The summed E-state index contributed by atoms with van der Waals surface area (Å²) in [4.78, 5) is 23.8. The van der Waals surface area contributed by atoms with Gasteiger partial charge in [-0.15, -0.1) is 0 Å². The number of amides is 1. The van der Waals surface area contributed by atoms with E-state index in [1.165, 1.54) is 12.1 Å². The summed E-state index contributed by atoms with van der Waals surface area (Å²) in [5.74, 6) is -1.21. The quantitative estimate of drug-likeness (QED) is 0.788. The summed E-state index contributed by atoms with van der Waals surface area (Å²) in [6, 6.07) is 9.54. The molecule has 0 aromatic heterocycles. The first-order valence-corrected chi connectivity index (χ1v) is 7.69. The molecule has 0 aliphatic carbocycles. The van der Waals surface area contributed by atoms with Crippen molar-refractivity contribution in [3.05, 3.63) is 62.6 Å². The number of hydrogen-bond donors (Lipinski definition) is 1. The molecule has 4 nitrogen and oxygen atoms in total. The molecule has 0 heterocycles. The minimum Gasteiger partial charge on any atom is -0.452 e. The Morgan fingerprint density at radius 1 is 1.09 bits per heavy atom. The molecule has 2 rings (SSSR count). The van der Waals surface area contributed by atoms with Crippen LogP contribution >= 0.6 is 34.8 Å². The maximum atomic E-state index is 11.9. The predicted octanol–water partition coefficient (Wildman–Crippen LogP) is 4.75. The number of benzene rings is 2. The molecule has 2 aromatic rings. The number of anilines is 1. The maximum Gasteiger partial charge on any atom is 0.340 e. The molecule has 1 N–H and O–H groups in total. The van der Waals surface area contributed by atoms with Crippen LogP contribution in [0.15, 0.2) is 36.4 Å². The van der Waals surface area contributed by atoms with E-state index in [1.54, 1.807) is 31.2 Å². The summed E-state index contributed by atoms with van der Waals surface area (Å²) < 4.78 is 4.94. The standard InChI is InChI=1S/C16H12Cl3NO3/c1-9-12(18)3-2-4-14(9)20-15(21)8-23-16(22)11-7-10(17)5-6-13(11)19/h2-7H,8H2,1H3,(H,20,21). The van der Waals surface area contributed by atoms with Gasteiger partial charge in [-0.05, 0) is 42.8 Å². The van der Waals surface area contributed by atoms with Gasteiger partial charge in [0.2, 0.25) is 0 Å². The summed E-state index contributed by atoms with van der Waals surface area (Å²) in [6.07, 6.45) is 0. The fraction of sp³-hybridized carbons (Fsp3) is 0.125. The topological polar surface area (TPSA) is 55.4 Å². The van der Waals surface area contributed by atoms with Crippen molar-refractivity contribution >= 4 is 52.4 Å². The van der Waals surface area contributed by atoms with Crippen LogP contribution in [0.2, 0.25) is 15.1 Å². The van der Waals surface area contributed by atoms with E-state index in [2.05, 4.69) is 5.32 Å². The number of halogens is 3. The molecule has 23 heavy (non-hydrogen) atoms. The third-order valence-corrected chi connectivity index (χ3v) is 4.00. The molecule has 0 spiro atoms. The van der Waals surface area contributed by atoms with Gasteiger partial charge in [-0.25, -0.2) is 4.79 Å². The van der Waals surface area contributed by atoms with Gasteiger partial charge in [-0.3, -0.25) is 4.79 Å². The summed E-state index contributed by atoms with van der Waals surface area (Å²) >= 11 is 17.7. The summed E-state index contributed by atoms with van der Waals surface area (Å²) in [6.45, 7) is 1.32. The summed E-state index contributed by atoms with van der Waals surface area (Å²) in [7, 11) is 0. The van der Waals surface area contributed by atoms with E-state index in [9.17, 15) is 9.59 Å². The highest BCUT2D eigenvalue weighted by molar-refractivity contribution is 6.35. The molecule has 0 aliphatic rings. The molecule has 120 valence electrons. The highest BCUT2D eigenvalue weighted by Crippen LogP contribution is 2.23. The van der Waals surface area contributed by atoms with Gasteiger partial charge in [0.05, 0.1) is 10.6 Å². The van der Waals surface area contributed by atoms with Crippen molar-refractivity contribution < 1.29 is 14.3 Å². The van der Waals surface area contributed by atoms with E-state index in [0.29, 0.717) is 15.7 Å². The second-order valence-corrected chi connectivity index (χ2v) is 5.91. The fourth-order valence-corrected chi connectivity index (χ4v) is 2.33. The first-order valence-electron chi connectivity index (χ1n) is 6.55. The van der Waals surface area contributed by atoms with Gasteiger partial charge in [0.1, 0.15) is 0 Å². The van der Waals surface area contributed by atoms with E-state index >= 15 is 0 Å². The van der Waals surface area contributed by atoms with Crippen LogP contribution in [0.4, 0.5) is 5.69 Å². The molecular weight excluding hydrogens is 361 g/mol. The van der Waals surface area contributed by atoms with Crippen LogP contribution in [0.5, 0.6) is 0 Å². The van der Waals surface area contributed by atoms with Crippen LogP contribution in [0, 0.1) is 6.92 Å². The average molecular weight is 373 g/mol. The molecule has 0 unspecified atom stereocenters. The Morgan fingerprint density at radius 3 is 2.57 bits per heavy atom. The second-order valence-electron chi connectivity index (χ2n) is 4.66. The molecule has 0 bridgehead atoms. The molecule has 0 aliphatic heterocycles. The molecule has 0 atom stereocenters. The van der Waals surface area contributed by atoms with Gasteiger partial charge in [0.25, 0.3) is 5.91 Å². The van der Waals surface area contributed by atoms with E-state index in [1.807, 2.05) is 0 Å². The first-order chi connectivity index (χ1) is 10.9. The predicted molar refractivity (Wildman–Crippen MR) is 91.6 cm³/mol. The highest BCUT2D eigenvalue weighted by atomic mass is 35.5. The number of rotatable bonds is 4. The Kier molecular flexibility index (Phi) is 5.88. The molecule has 7 heteroatoms. The van der Waals surface area contributed by atoms with Gasteiger partial charge >= 0.3 is 5.97 Å². The van der Waals surface area contributed by atoms with Crippen molar-refractivity contribution in [2.75, 3.05) is 11.9 Å². The lowest BCUT2D eigenvalue weighted by Crippen LogP contribution is -2.21. The van der Waals surface area contributed by atoms with Crippen molar-refractivity contribution in [3.63, 3.8) is 0 Å². The summed E-state index contributed by atoms with van der Waals surface area (Å²) in [5, 5.41) is 3.70. The minimum absolute atomic E-state index is 0.103. The van der Waals surface area contributed by atoms with Gasteiger partial charge < -0.3 is 10.1 Å². The maximum absolute atomic E-state index is 11.9. The van der Waals surface area contributed by atoms with E-state index < -0.39 is 18.5 Å². The van der Waals surface area contributed by atoms with Gasteiger partial charge in [-0.2, -0.15) is 0 Å². The molecule has 0 saturated carbocycles. The summed E-state index contributed by atoms with van der Waals surface area (Å²) in [5.41, 5.74) is 1.39. The number of carbonyl (C=O) groups is 2. The average Bonchev–Trinajstić information content (AvgIpc) is 2.52. The SMILES string of the molecule is Cc1c(Cl)cccc1NC(=O)COC(=O)c1cc(Cl)ccc1Cl. The third kappa shape index (κ3) is 4.61. The normalized spacial score (nSPS) is 10.3.